The van der Waals surface area contributed by atoms with Crippen LogP contribution in [0.5, 0.6) is 0 Å². The SMILES string of the molecule is Cl.O=C(c1ccn(C2CCCNC2)n1)N1CCC(c2ccccc2)CC1. The van der Waals surface area contributed by atoms with Gasteiger partial charge in [0.15, 0.2) is 0 Å². The number of aromatic nitrogens is 2. The minimum Gasteiger partial charge on any atom is -0.337 e. The van der Waals surface area contributed by atoms with Gasteiger partial charge in [0.25, 0.3) is 5.91 Å². The normalized spacial score (nSPS) is 21.2. The molecule has 5 nitrogen and oxygen atoms in total. The highest BCUT2D eigenvalue weighted by molar-refractivity contribution is 5.92. The van der Waals surface area contributed by atoms with E-state index in [-0.39, 0.29) is 18.3 Å². The Hall–Kier alpha value is -1.85. The second-order valence-electron chi connectivity index (χ2n) is 7.16. The average molecular weight is 375 g/mol. The molecular weight excluding hydrogens is 348 g/mol. The van der Waals surface area contributed by atoms with Crippen LogP contribution in [-0.2, 0) is 0 Å². The fourth-order valence-corrected chi connectivity index (χ4v) is 4.02. The third-order valence-electron chi connectivity index (χ3n) is 5.53. The van der Waals surface area contributed by atoms with Crippen molar-refractivity contribution in [1.82, 2.24) is 20.0 Å². The first-order valence-corrected chi connectivity index (χ1v) is 9.41. The van der Waals surface area contributed by atoms with E-state index in [1.807, 2.05) is 21.8 Å². The lowest BCUT2D eigenvalue weighted by Gasteiger charge is -2.31. The van der Waals surface area contributed by atoms with Gasteiger partial charge >= 0.3 is 0 Å². The maximum absolute atomic E-state index is 12.8. The Balaban J connectivity index is 0.00000196. The van der Waals surface area contributed by atoms with Gasteiger partial charge in [-0.3, -0.25) is 9.48 Å². The molecule has 2 aromatic rings. The molecule has 0 saturated carbocycles. The summed E-state index contributed by atoms with van der Waals surface area (Å²) in [6.45, 7) is 3.66. The first-order chi connectivity index (χ1) is 12.3. The summed E-state index contributed by atoms with van der Waals surface area (Å²) >= 11 is 0. The molecule has 2 saturated heterocycles. The zero-order valence-corrected chi connectivity index (χ0v) is 15.8. The first kappa shape index (κ1) is 18.9. The fraction of sp³-hybridized carbons (Fsp3) is 0.500. The van der Waals surface area contributed by atoms with Crippen molar-refractivity contribution in [3.63, 3.8) is 0 Å². The Bertz CT molecular complexity index is 704. The van der Waals surface area contributed by atoms with E-state index in [4.69, 9.17) is 0 Å². The summed E-state index contributed by atoms with van der Waals surface area (Å²) in [5.41, 5.74) is 1.98. The summed E-state index contributed by atoms with van der Waals surface area (Å²) < 4.78 is 1.97. The van der Waals surface area contributed by atoms with Crippen molar-refractivity contribution >= 4 is 18.3 Å². The van der Waals surface area contributed by atoms with Gasteiger partial charge in [0.1, 0.15) is 5.69 Å². The Labute approximate surface area is 161 Å². The van der Waals surface area contributed by atoms with E-state index in [0.29, 0.717) is 17.7 Å². The lowest BCUT2D eigenvalue weighted by atomic mass is 9.89. The highest BCUT2D eigenvalue weighted by Gasteiger charge is 2.26. The molecule has 1 amide bonds. The molecule has 1 N–H and O–H groups in total. The molecule has 1 aromatic carbocycles. The van der Waals surface area contributed by atoms with E-state index >= 15 is 0 Å². The summed E-state index contributed by atoms with van der Waals surface area (Å²) in [6.07, 6.45) is 6.32. The highest BCUT2D eigenvalue weighted by Crippen LogP contribution is 2.28. The monoisotopic (exact) mass is 374 g/mol. The van der Waals surface area contributed by atoms with Gasteiger partial charge in [0.2, 0.25) is 0 Å². The minimum atomic E-state index is 0. The summed E-state index contributed by atoms with van der Waals surface area (Å²) in [4.78, 5) is 14.7. The highest BCUT2D eigenvalue weighted by atomic mass is 35.5. The molecule has 3 heterocycles. The molecule has 0 radical (unpaired) electrons. The molecule has 2 aliphatic rings. The number of hydrogen-bond acceptors (Lipinski definition) is 3. The number of nitrogens with one attached hydrogen (secondary N) is 1. The standard InChI is InChI=1S/C20H26N4O.ClH/c25-20(19-10-14-24(22-19)18-7-4-11-21-15-18)23-12-8-17(9-13-23)16-5-2-1-3-6-16;/h1-3,5-6,10,14,17-18,21H,4,7-9,11-13,15H2;1H. The van der Waals surface area contributed by atoms with Crippen LogP contribution in [0.1, 0.15) is 53.7 Å². The summed E-state index contributed by atoms with van der Waals surface area (Å²) in [6, 6.07) is 12.9. The maximum atomic E-state index is 12.8. The number of carbonyl (C=O) groups excluding carboxylic acids is 1. The molecule has 4 rings (SSSR count). The van der Waals surface area contributed by atoms with Gasteiger partial charge in [-0.15, -0.1) is 12.4 Å². The number of carbonyl (C=O) groups is 1. The van der Waals surface area contributed by atoms with Crippen LogP contribution in [-0.4, -0.2) is 46.8 Å². The molecule has 1 aromatic heterocycles. The number of amides is 1. The van der Waals surface area contributed by atoms with E-state index < -0.39 is 0 Å². The fourth-order valence-electron chi connectivity index (χ4n) is 4.02. The zero-order valence-electron chi connectivity index (χ0n) is 15.0. The van der Waals surface area contributed by atoms with Gasteiger partial charge in [-0.05, 0) is 49.8 Å². The van der Waals surface area contributed by atoms with Gasteiger partial charge in [-0.25, -0.2) is 0 Å². The second kappa shape index (κ2) is 8.69. The van der Waals surface area contributed by atoms with Crippen molar-refractivity contribution in [2.45, 2.75) is 37.6 Å². The quantitative estimate of drug-likeness (QED) is 0.897. The Kier molecular flexibility index (Phi) is 6.33. The molecular formula is C20H27ClN4O. The van der Waals surface area contributed by atoms with E-state index in [9.17, 15) is 4.79 Å². The summed E-state index contributed by atoms with van der Waals surface area (Å²) in [5.74, 6) is 0.644. The van der Waals surface area contributed by atoms with Gasteiger partial charge in [0.05, 0.1) is 6.04 Å². The third kappa shape index (κ3) is 4.10. The third-order valence-corrected chi connectivity index (χ3v) is 5.53. The zero-order chi connectivity index (χ0) is 17.1. The molecule has 0 spiro atoms. The molecule has 0 bridgehead atoms. The van der Waals surface area contributed by atoms with Gasteiger partial charge < -0.3 is 10.2 Å². The number of rotatable bonds is 3. The largest absolute Gasteiger partial charge is 0.337 e. The topological polar surface area (TPSA) is 50.2 Å². The van der Waals surface area contributed by atoms with Crippen LogP contribution in [0.3, 0.4) is 0 Å². The summed E-state index contributed by atoms with van der Waals surface area (Å²) in [5, 5.41) is 7.97. The second-order valence-corrected chi connectivity index (χ2v) is 7.16. The molecule has 140 valence electrons. The lowest BCUT2D eigenvalue weighted by Crippen LogP contribution is -2.38. The number of nitrogens with zero attached hydrogens (tertiary/aromatic N) is 3. The maximum Gasteiger partial charge on any atom is 0.274 e. The van der Waals surface area contributed by atoms with E-state index in [0.717, 1.165) is 45.4 Å². The van der Waals surface area contributed by atoms with Crippen molar-refractivity contribution in [3.8, 4) is 0 Å². The predicted molar refractivity (Wildman–Crippen MR) is 105 cm³/mol. The van der Waals surface area contributed by atoms with Crippen molar-refractivity contribution in [3.05, 3.63) is 53.9 Å². The molecule has 0 aliphatic carbocycles. The van der Waals surface area contributed by atoms with E-state index in [1.54, 1.807) is 0 Å². The smallest absolute Gasteiger partial charge is 0.274 e. The van der Waals surface area contributed by atoms with Gasteiger partial charge in [0, 0.05) is 25.8 Å². The number of piperidine rings is 2. The van der Waals surface area contributed by atoms with Gasteiger partial charge in [-0.1, -0.05) is 30.3 Å². The van der Waals surface area contributed by atoms with Crippen LogP contribution in [0.2, 0.25) is 0 Å². The van der Waals surface area contributed by atoms with E-state index in [1.165, 1.54) is 12.0 Å². The number of hydrogen-bond donors (Lipinski definition) is 1. The average Bonchev–Trinajstić information content (AvgIpc) is 3.19. The molecule has 2 aliphatic heterocycles. The van der Waals surface area contributed by atoms with Crippen molar-refractivity contribution in [2.24, 2.45) is 0 Å². The van der Waals surface area contributed by atoms with E-state index in [2.05, 4.69) is 40.7 Å². The number of benzene rings is 1. The lowest BCUT2D eigenvalue weighted by molar-refractivity contribution is 0.0705. The van der Waals surface area contributed by atoms with Crippen LogP contribution >= 0.6 is 12.4 Å². The van der Waals surface area contributed by atoms with Crippen LogP contribution in [0.25, 0.3) is 0 Å². The van der Waals surface area contributed by atoms with Crippen LogP contribution < -0.4 is 5.32 Å². The van der Waals surface area contributed by atoms with Gasteiger partial charge in [-0.2, -0.15) is 5.10 Å². The Morgan fingerprint density at radius 3 is 2.54 bits per heavy atom. The summed E-state index contributed by atoms with van der Waals surface area (Å²) in [7, 11) is 0. The minimum absolute atomic E-state index is 0. The molecule has 1 unspecified atom stereocenters. The molecule has 6 heteroatoms. The number of halogens is 1. The van der Waals surface area contributed by atoms with Crippen LogP contribution in [0.4, 0.5) is 0 Å². The van der Waals surface area contributed by atoms with Crippen molar-refractivity contribution in [1.29, 1.82) is 0 Å². The van der Waals surface area contributed by atoms with Crippen molar-refractivity contribution in [2.75, 3.05) is 26.2 Å². The predicted octanol–water partition coefficient (Wildman–Crippen LogP) is 3.25. The molecule has 26 heavy (non-hydrogen) atoms. The first-order valence-electron chi connectivity index (χ1n) is 9.41. The molecule has 2 fully saturated rings. The van der Waals surface area contributed by atoms with Crippen LogP contribution in [0.15, 0.2) is 42.6 Å². The Morgan fingerprint density at radius 1 is 1.08 bits per heavy atom. The number of likely N-dealkylation sites (tertiary alicyclic amines) is 1. The van der Waals surface area contributed by atoms with Crippen molar-refractivity contribution < 1.29 is 4.79 Å². The molecule has 1 atom stereocenters. The van der Waals surface area contributed by atoms with Crippen LogP contribution in [0, 0.1) is 0 Å². The Morgan fingerprint density at radius 2 is 1.85 bits per heavy atom.